The van der Waals surface area contributed by atoms with Gasteiger partial charge in [-0.3, -0.25) is 0 Å². The SMILES string of the molecule is Cc1c2c3c(C)n1CCOCCOCCOc1ccc(cc1)OCCOCCOCCn1c(C)c4c(c1C)SC(=C(S2)S3)S4. The predicted octanol–water partition coefficient (Wildman–Crippen LogP) is 7.28. The van der Waals surface area contributed by atoms with E-state index < -0.39 is 0 Å². The van der Waals surface area contributed by atoms with Crippen molar-refractivity contribution in [2.75, 3.05) is 66.1 Å². The number of hydrogen-bond acceptors (Lipinski definition) is 10. The van der Waals surface area contributed by atoms with E-state index in [4.69, 9.17) is 28.4 Å². The molecule has 0 N–H and O–H groups in total. The number of rotatable bonds is 0. The van der Waals surface area contributed by atoms with E-state index in [9.17, 15) is 0 Å². The Balaban J connectivity index is 1.09. The molecule has 0 atom stereocenters. The lowest BCUT2D eigenvalue weighted by Crippen LogP contribution is -2.14. The van der Waals surface area contributed by atoms with Gasteiger partial charge in [0.1, 0.15) is 24.7 Å². The molecule has 238 valence electrons. The number of hydrogen-bond donors (Lipinski definition) is 0. The van der Waals surface area contributed by atoms with Gasteiger partial charge in [-0.1, -0.05) is 47.0 Å². The van der Waals surface area contributed by atoms with E-state index in [0.29, 0.717) is 66.1 Å². The van der Waals surface area contributed by atoms with Crippen molar-refractivity contribution < 1.29 is 28.4 Å². The summed E-state index contributed by atoms with van der Waals surface area (Å²) in [6.07, 6.45) is 0. The zero-order chi connectivity index (χ0) is 30.5. The topological polar surface area (TPSA) is 65.2 Å². The minimum absolute atomic E-state index is 0.486. The molecule has 10 bridgehead atoms. The van der Waals surface area contributed by atoms with Crippen LogP contribution in [0.5, 0.6) is 11.5 Å². The molecule has 2 aromatic heterocycles. The third-order valence-corrected chi connectivity index (χ3v) is 13.9. The highest BCUT2D eigenvalue weighted by atomic mass is 32.2. The van der Waals surface area contributed by atoms with Crippen molar-refractivity contribution in [3.63, 3.8) is 0 Å². The van der Waals surface area contributed by atoms with Gasteiger partial charge < -0.3 is 37.6 Å². The molecule has 0 saturated carbocycles. The smallest absolute Gasteiger partial charge is 0.119 e. The second-order valence-electron chi connectivity index (χ2n) is 10.6. The highest BCUT2D eigenvalue weighted by Crippen LogP contribution is 2.64. The Labute approximate surface area is 276 Å². The van der Waals surface area contributed by atoms with E-state index in [1.807, 2.05) is 71.3 Å². The van der Waals surface area contributed by atoms with E-state index in [2.05, 4.69) is 36.8 Å². The molecule has 12 heterocycles. The van der Waals surface area contributed by atoms with Crippen molar-refractivity contribution in [3.05, 3.63) is 55.5 Å². The standard InChI is InChI=1S/C32H40N2O6S4/c1-21-27-28-22(2)33(21)9-11-35-13-15-37-17-19-39-25-5-7-26(8-6-25)40-20-18-38-16-14-36-12-10-34-23(3)29-30(24(34)4)44-32(43-29)31(41-27)42-28/h5-8H,9-20H2,1-4H3. The molecule has 0 fully saturated rings. The average Bonchev–Trinajstić information content (AvgIpc) is 3.76. The zero-order valence-electron chi connectivity index (χ0n) is 25.8. The van der Waals surface area contributed by atoms with Gasteiger partial charge in [-0.05, 0) is 52.0 Å². The number of benzene rings is 1. The monoisotopic (exact) mass is 676 g/mol. The molecular weight excluding hydrogens is 637 g/mol. The summed E-state index contributed by atoms with van der Waals surface area (Å²) in [7, 11) is 0. The van der Waals surface area contributed by atoms with Gasteiger partial charge in [-0.2, -0.15) is 0 Å². The van der Waals surface area contributed by atoms with Crippen molar-refractivity contribution in [1.82, 2.24) is 9.13 Å². The number of aromatic nitrogens is 2. The summed E-state index contributed by atoms with van der Waals surface area (Å²) in [4.78, 5) is 5.57. The third-order valence-electron chi connectivity index (χ3n) is 7.77. The highest BCUT2D eigenvalue weighted by Gasteiger charge is 2.34. The minimum Gasteiger partial charge on any atom is -0.491 e. The molecule has 12 heteroatoms. The van der Waals surface area contributed by atoms with Crippen molar-refractivity contribution in [2.24, 2.45) is 0 Å². The van der Waals surface area contributed by atoms with Crippen LogP contribution in [-0.2, 0) is 32.0 Å². The van der Waals surface area contributed by atoms with Gasteiger partial charge in [0.05, 0.1) is 61.3 Å². The highest BCUT2D eigenvalue weighted by molar-refractivity contribution is 8.30. The Hall–Kier alpha value is -1.64. The summed E-state index contributed by atoms with van der Waals surface area (Å²) in [5.74, 6) is 1.58. The van der Waals surface area contributed by atoms with Gasteiger partial charge in [-0.25, -0.2) is 0 Å². The summed E-state index contributed by atoms with van der Waals surface area (Å²) in [6, 6.07) is 7.63. The number of nitrogens with zero attached hydrogens (tertiary/aromatic N) is 2. The summed E-state index contributed by atoms with van der Waals surface area (Å²) in [5.41, 5.74) is 5.29. The largest absolute Gasteiger partial charge is 0.491 e. The van der Waals surface area contributed by atoms with Crippen LogP contribution in [0.4, 0.5) is 0 Å². The van der Waals surface area contributed by atoms with Crippen LogP contribution in [-0.4, -0.2) is 75.2 Å². The third kappa shape index (κ3) is 7.33. The molecule has 8 nitrogen and oxygen atoms in total. The van der Waals surface area contributed by atoms with E-state index in [1.165, 1.54) is 50.8 Å². The van der Waals surface area contributed by atoms with Crippen molar-refractivity contribution in [2.45, 2.75) is 60.4 Å². The van der Waals surface area contributed by atoms with Crippen molar-refractivity contribution in [1.29, 1.82) is 0 Å². The van der Waals surface area contributed by atoms with Gasteiger partial charge in [0.15, 0.2) is 0 Å². The fourth-order valence-electron chi connectivity index (χ4n) is 5.41. The second kappa shape index (κ2) is 15.3. The quantitative estimate of drug-likeness (QED) is 0.243. The zero-order valence-corrected chi connectivity index (χ0v) is 29.0. The van der Waals surface area contributed by atoms with Crippen LogP contribution in [0.2, 0.25) is 0 Å². The van der Waals surface area contributed by atoms with E-state index >= 15 is 0 Å². The first-order valence-corrected chi connectivity index (χ1v) is 18.3. The molecular formula is C32H40N2O6S4. The van der Waals surface area contributed by atoms with Crippen LogP contribution in [0.25, 0.3) is 0 Å². The fraction of sp³-hybridized carbons (Fsp3) is 0.500. The van der Waals surface area contributed by atoms with Crippen LogP contribution in [0, 0.1) is 27.7 Å². The summed E-state index contributed by atoms with van der Waals surface area (Å²) >= 11 is 7.71. The summed E-state index contributed by atoms with van der Waals surface area (Å²) in [5, 5.41) is 0. The molecule has 0 saturated heterocycles. The van der Waals surface area contributed by atoms with E-state index in [0.717, 1.165) is 24.6 Å². The average molecular weight is 677 g/mol. The molecule has 13 rings (SSSR count). The van der Waals surface area contributed by atoms with Crippen LogP contribution in [0.1, 0.15) is 22.8 Å². The maximum atomic E-state index is 5.91. The van der Waals surface area contributed by atoms with Gasteiger partial charge in [0.25, 0.3) is 0 Å². The normalized spacial score (nSPS) is 19.2. The Morgan fingerprint density at radius 1 is 0.432 bits per heavy atom. The van der Waals surface area contributed by atoms with Gasteiger partial charge in [0, 0.05) is 55.4 Å². The first-order chi connectivity index (χ1) is 21.5. The van der Waals surface area contributed by atoms with Crippen LogP contribution in [0.15, 0.2) is 52.3 Å². The van der Waals surface area contributed by atoms with Crippen molar-refractivity contribution >= 4 is 47.0 Å². The molecule has 0 aliphatic carbocycles. The van der Waals surface area contributed by atoms with Gasteiger partial charge >= 0.3 is 0 Å². The lowest BCUT2D eigenvalue weighted by Gasteiger charge is -2.13. The molecule has 0 amide bonds. The Morgan fingerprint density at radius 2 is 0.727 bits per heavy atom. The van der Waals surface area contributed by atoms with Crippen LogP contribution >= 0.6 is 47.0 Å². The predicted molar refractivity (Wildman–Crippen MR) is 179 cm³/mol. The lowest BCUT2D eigenvalue weighted by molar-refractivity contribution is 0.0334. The van der Waals surface area contributed by atoms with Crippen LogP contribution in [0.3, 0.4) is 0 Å². The molecule has 1 aromatic carbocycles. The van der Waals surface area contributed by atoms with Gasteiger partial charge in [0.2, 0.25) is 0 Å². The number of ether oxygens (including phenoxy) is 6. The first kappa shape index (κ1) is 32.3. The maximum absolute atomic E-state index is 5.91. The summed E-state index contributed by atoms with van der Waals surface area (Å²) in [6.45, 7) is 16.2. The fourth-order valence-corrected chi connectivity index (χ4v) is 11.3. The molecule has 3 aromatic rings. The van der Waals surface area contributed by atoms with E-state index in [1.54, 1.807) is 0 Å². The second-order valence-corrected chi connectivity index (χ2v) is 15.2. The van der Waals surface area contributed by atoms with Gasteiger partial charge in [-0.15, -0.1) is 0 Å². The Morgan fingerprint density at radius 3 is 1.07 bits per heavy atom. The van der Waals surface area contributed by atoms with E-state index in [-0.39, 0.29) is 0 Å². The Kier molecular flexibility index (Phi) is 11.2. The molecule has 10 aliphatic rings. The molecule has 0 spiro atoms. The first-order valence-electron chi connectivity index (χ1n) is 15.0. The van der Waals surface area contributed by atoms with Crippen LogP contribution < -0.4 is 9.47 Å². The molecule has 44 heavy (non-hydrogen) atoms. The number of thioether (sulfide) groups is 4. The molecule has 10 aliphatic heterocycles. The summed E-state index contributed by atoms with van der Waals surface area (Å²) < 4.78 is 42.4. The molecule has 0 radical (unpaired) electrons. The Bertz CT molecular complexity index is 1310. The lowest BCUT2D eigenvalue weighted by atomic mass is 10.3. The maximum Gasteiger partial charge on any atom is 0.119 e. The van der Waals surface area contributed by atoms with Crippen molar-refractivity contribution in [3.8, 4) is 11.5 Å². The molecule has 0 unspecified atom stereocenters. The minimum atomic E-state index is 0.486.